The number of nitrogens with zero attached hydrogens (tertiary/aromatic N) is 1. The molecule has 0 bridgehead atoms. The second-order valence-electron chi connectivity index (χ2n) is 5.17. The van der Waals surface area contributed by atoms with Gasteiger partial charge in [-0.3, -0.25) is 10.1 Å². The predicted octanol–water partition coefficient (Wildman–Crippen LogP) is 2.02. The highest BCUT2D eigenvalue weighted by Crippen LogP contribution is 2.36. The Morgan fingerprint density at radius 3 is 2.37 bits per heavy atom. The number of sulfonamides is 1. The van der Waals surface area contributed by atoms with Crippen molar-refractivity contribution in [3.63, 3.8) is 0 Å². The number of nitro groups is 1. The van der Waals surface area contributed by atoms with Gasteiger partial charge in [0.1, 0.15) is 4.21 Å². The number of nitrogens with one attached hydrogen (secondary N) is 2. The average molecular weight is 307 g/mol. The van der Waals surface area contributed by atoms with Gasteiger partial charge in [0.05, 0.1) is 4.92 Å². The Kier molecular flexibility index (Phi) is 4.54. The summed E-state index contributed by atoms with van der Waals surface area (Å²) in [6.45, 7) is 5.94. The number of rotatable bonds is 5. The van der Waals surface area contributed by atoms with Crippen LogP contribution in [0, 0.1) is 15.5 Å². The summed E-state index contributed by atoms with van der Waals surface area (Å²) in [7, 11) is -2.20. The second kappa shape index (κ2) is 5.43. The van der Waals surface area contributed by atoms with Crippen LogP contribution in [0.25, 0.3) is 0 Å². The van der Waals surface area contributed by atoms with E-state index in [1.807, 2.05) is 20.8 Å². The van der Waals surface area contributed by atoms with Gasteiger partial charge < -0.3 is 5.32 Å². The van der Waals surface area contributed by atoms with Gasteiger partial charge in [-0.2, -0.15) is 0 Å². The van der Waals surface area contributed by atoms with E-state index in [0.29, 0.717) is 0 Å². The molecule has 1 rings (SSSR count). The van der Waals surface area contributed by atoms with Crippen molar-refractivity contribution in [1.29, 1.82) is 0 Å². The number of thiophene rings is 1. The zero-order valence-corrected chi connectivity index (χ0v) is 12.8. The van der Waals surface area contributed by atoms with Gasteiger partial charge >= 0.3 is 5.69 Å². The molecule has 0 saturated carbocycles. The van der Waals surface area contributed by atoms with E-state index in [-0.39, 0.29) is 26.9 Å². The highest BCUT2D eigenvalue weighted by molar-refractivity contribution is 7.91. The van der Waals surface area contributed by atoms with Crippen LogP contribution in [0.15, 0.2) is 10.3 Å². The third kappa shape index (κ3) is 4.15. The molecule has 1 heterocycles. The van der Waals surface area contributed by atoms with Crippen LogP contribution in [-0.4, -0.2) is 26.9 Å². The summed E-state index contributed by atoms with van der Waals surface area (Å²) in [4.78, 5) is 10.2. The normalized spacial score (nSPS) is 12.4. The fraction of sp³-hybridized carbons (Fsp3) is 0.600. The Bertz CT molecular complexity index is 572. The first-order valence-electron chi connectivity index (χ1n) is 5.52. The van der Waals surface area contributed by atoms with Gasteiger partial charge in [-0.15, -0.1) is 0 Å². The standard InChI is InChI=1S/C10H17N3O4S2/c1-10(2,3)6-12-19(16,17)8-5-7(13(14)15)9(11-4)18-8/h5,11-12H,6H2,1-4H3. The van der Waals surface area contributed by atoms with Crippen molar-refractivity contribution in [3.8, 4) is 0 Å². The molecule has 0 amide bonds. The van der Waals surface area contributed by atoms with Crippen LogP contribution in [0.3, 0.4) is 0 Å². The fourth-order valence-corrected chi connectivity index (χ4v) is 3.80. The van der Waals surface area contributed by atoms with Gasteiger partial charge in [0.2, 0.25) is 10.0 Å². The van der Waals surface area contributed by atoms with Crippen LogP contribution in [0.5, 0.6) is 0 Å². The van der Waals surface area contributed by atoms with Crippen molar-refractivity contribution in [1.82, 2.24) is 4.72 Å². The smallest absolute Gasteiger partial charge is 0.304 e. The van der Waals surface area contributed by atoms with Gasteiger partial charge in [0.25, 0.3) is 0 Å². The van der Waals surface area contributed by atoms with Crippen LogP contribution in [-0.2, 0) is 10.0 Å². The molecule has 19 heavy (non-hydrogen) atoms. The van der Waals surface area contributed by atoms with E-state index >= 15 is 0 Å². The Morgan fingerprint density at radius 1 is 1.42 bits per heavy atom. The molecule has 0 aliphatic heterocycles. The molecular formula is C10H17N3O4S2. The van der Waals surface area contributed by atoms with Crippen LogP contribution >= 0.6 is 11.3 Å². The molecule has 108 valence electrons. The first-order valence-corrected chi connectivity index (χ1v) is 7.82. The zero-order chi connectivity index (χ0) is 14.8. The minimum Gasteiger partial charge on any atom is -0.374 e. The molecule has 0 aliphatic rings. The maximum absolute atomic E-state index is 12.0. The molecule has 0 aromatic carbocycles. The second-order valence-corrected chi connectivity index (χ2v) is 8.22. The third-order valence-corrected chi connectivity index (χ3v) is 5.19. The van der Waals surface area contributed by atoms with Crippen molar-refractivity contribution in [2.24, 2.45) is 5.41 Å². The predicted molar refractivity (Wildman–Crippen MR) is 75.2 cm³/mol. The Hall–Kier alpha value is -1.19. The van der Waals surface area contributed by atoms with Crippen LogP contribution in [0.4, 0.5) is 10.7 Å². The van der Waals surface area contributed by atoms with Gasteiger partial charge in [-0.05, 0) is 5.41 Å². The first-order chi connectivity index (χ1) is 8.57. The highest BCUT2D eigenvalue weighted by atomic mass is 32.2. The molecule has 1 aromatic rings. The van der Waals surface area contributed by atoms with E-state index < -0.39 is 14.9 Å². The Labute approximate surface area is 116 Å². The lowest BCUT2D eigenvalue weighted by molar-refractivity contribution is -0.383. The van der Waals surface area contributed by atoms with Crippen molar-refractivity contribution >= 4 is 32.0 Å². The summed E-state index contributed by atoms with van der Waals surface area (Å²) >= 11 is 0.842. The number of hydrogen-bond donors (Lipinski definition) is 2. The summed E-state index contributed by atoms with van der Waals surface area (Å²) < 4.78 is 26.5. The van der Waals surface area contributed by atoms with E-state index in [0.717, 1.165) is 17.4 Å². The van der Waals surface area contributed by atoms with Crippen molar-refractivity contribution in [2.45, 2.75) is 25.0 Å². The van der Waals surface area contributed by atoms with Gasteiger partial charge in [0, 0.05) is 19.7 Å². The topological polar surface area (TPSA) is 101 Å². The number of anilines is 1. The largest absolute Gasteiger partial charge is 0.374 e. The Morgan fingerprint density at radius 2 is 2.00 bits per heavy atom. The van der Waals surface area contributed by atoms with Crippen molar-refractivity contribution in [3.05, 3.63) is 16.2 Å². The summed E-state index contributed by atoms with van der Waals surface area (Å²) in [6.07, 6.45) is 0. The van der Waals surface area contributed by atoms with Gasteiger partial charge in [-0.1, -0.05) is 32.1 Å². The molecule has 0 atom stereocenters. The maximum atomic E-state index is 12.0. The minimum absolute atomic E-state index is 0.0622. The van der Waals surface area contributed by atoms with Gasteiger partial charge in [-0.25, -0.2) is 13.1 Å². The summed E-state index contributed by atoms with van der Waals surface area (Å²) in [5.41, 5.74) is -0.439. The lowest BCUT2D eigenvalue weighted by atomic mass is 9.98. The van der Waals surface area contributed by atoms with E-state index in [9.17, 15) is 18.5 Å². The fourth-order valence-electron chi connectivity index (χ4n) is 1.19. The van der Waals surface area contributed by atoms with Crippen LogP contribution in [0.1, 0.15) is 20.8 Å². The van der Waals surface area contributed by atoms with Crippen molar-refractivity contribution < 1.29 is 13.3 Å². The molecule has 2 N–H and O–H groups in total. The Balaban J connectivity index is 3.06. The summed E-state index contributed by atoms with van der Waals surface area (Å²) in [6, 6.07) is 1.07. The summed E-state index contributed by atoms with van der Waals surface area (Å²) in [5.74, 6) is 0. The molecule has 0 radical (unpaired) electrons. The van der Waals surface area contributed by atoms with E-state index in [1.165, 1.54) is 7.05 Å². The molecule has 0 saturated heterocycles. The van der Waals surface area contributed by atoms with E-state index in [2.05, 4.69) is 10.0 Å². The van der Waals surface area contributed by atoms with Crippen LogP contribution < -0.4 is 10.0 Å². The quantitative estimate of drug-likeness (QED) is 0.640. The van der Waals surface area contributed by atoms with Gasteiger partial charge in [0.15, 0.2) is 5.00 Å². The van der Waals surface area contributed by atoms with Crippen LogP contribution in [0.2, 0.25) is 0 Å². The molecule has 7 nitrogen and oxygen atoms in total. The lowest BCUT2D eigenvalue weighted by Crippen LogP contribution is -2.31. The van der Waals surface area contributed by atoms with E-state index in [4.69, 9.17) is 0 Å². The zero-order valence-electron chi connectivity index (χ0n) is 11.2. The molecule has 1 aromatic heterocycles. The molecule has 0 fully saturated rings. The summed E-state index contributed by atoms with van der Waals surface area (Å²) in [5, 5.41) is 13.6. The molecule has 0 spiro atoms. The minimum atomic E-state index is -3.71. The van der Waals surface area contributed by atoms with Crippen molar-refractivity contribution in [2.75, 3.05) is 18.9 Å². The molecule has 0 unspecified atom stereocenters. The third-order valence-electron chi connectivity index (χ3n) is 2.17. The SMILES string of the molecule is CNc1sc(S(=O)(=O)NCC(C)(C)C)cc1[N+](=O)[O-]. The van der Waals surface area contributed by atoms with E-state index in [1.54, 1.807) is 0 Å². The average Bonchev–Trinajstić information content (AvgIpc) is 2.70. The number of hydrogen-bond acceptors (Lipinski definition) is 6. The monoisotopic (exact) mass is 307 g/mol. The maximum Gasteiger partial charge on any atom is 0.304 e. The molecule has 0 aliphatic carbocycles. The lowest BCUT2D eigenvalue weighted by Gasteiger charge is -2.18. The molecule has 9 heteroatoms. The first kappa shape index (κ1) is 15.9. The highest BCUT2D eigenvalue weighted by Gasteiger charge is 2.26. The molecular weight excluding hydrogens is 290 g/mol.